The first kappa shape index (κ1) is 21.6. The van der Waals surface area contributed by atoms with Crippen LogP contribution in [0.4, 0.5) is 0 Å². The van der Waals surface area contributed by atoms with Crippen LogP contribution in [0, 0.1) is 0 Å². The smallest absolute Gasteiger partial charge is 0.340 e. The van der Waals surface area contributed by atoms with Crippen molar-refractivity contribution in [3.8, 4) is 0 Å². The molecule has 1 amide bonds. The van der Waals surface area contributed by atoms with Gasteiger partial charge in [-0.25, -0.2) is 13.2 Å². The molecule has 0 aromatic heterocycles. The molecule has 6 nitrogen and oxygen atoms in total. The molecule has 154 valence electrons. The number of carbonyl (C=O) groups is 2. The Balaban J connectivity index is 1.70. The maximum atomic E-state index is 12.9. The van der Waals surface area contributed by atoms with Crippen molar-refractivity contribution in [2.45, 2.75) is 50.6 Å². The van der Waals surface area contributed by atoms with E-state index in [2.05, 4.69) is 15.9 Å². The number of rotatable bonds is 5. The summed E-state index contributed by atoms with van der Waals surface area (Å²) in [5.41, 5.74) is 0.177. The lowest BCUT2D eigenvalue weighted by atomic mass is 9.93. The van der Waals surface area contributed by atoms with Gasteiger partial charge in [-0.05, 0) is 37.5 Å². The standard InChI is InChI=1S/C19H23BrClNO5S/c20-13-6-7-17(21)16(10-13)19(24)27-11-18(23)22(14-4-2-1-3-5-14)15-8-9-28(25,26)12-15/h6-7,10,14-15H,1-5,8-9,11-12H2. The zero-order valence-corrected chi connectivity index (χ0v) is 18.6. The van der Waals surface area contributed by atoms with Crippen LogP contribution in [0.15, 0.2) is 22.7 Å². The summed E-state index contributed by atoms with van der Waals surface area (Å²) in [4.78, 5) is 27.0. The van der Waals surface area contributed by atoms with E-state index in [0.29, 0.717) is 10.9 Å². The molecule has 3 rings (SSSR count). The molecule has 1 aliphatic carbocycles. The van der Waals surface area contributed by atoms with Crippen molar-refractivity contribution in [3.63, 3.8) is 0 Å². The van der Waals surface area contributed by atoms with Crippen molar-refractivity contribution in [1.29, 1.82) is 0 Å². The monoisotopic (exact) mass is 491 g/mol. The van der Waals surface area contributed by atoms with Crippen LogP contribution in [0.5, 0.6) is 0 Å². The van der Waals surface area contributed by atoms with Crippen molar-refractivity contribution in [2.24, 2.45) is 0 Å². The summed E-state index contributed by atoms with van der Waals surface area (Å²) in [6.45, 7) is -0.422. The predicted octanol–water partition coefficient (Wildman–Crippen LogP) is 3.61. The number of benzene rings is 1. The van der Waals surface area contributed by atoms with Gasteiger partial charge >= 0.3 is 5.97 Å². The van der Waals surface area contributed by atoms with Crippen molar-refractivity contribution < 1.29 is 22.7 Å². The number of hydrogen-bond acceptors (Lipinski definition) is 5. The van der Waals surface area contributed by atoms with Crippen LogP contribution < -0.4 is 0 Å². The van der Waals surface area contributed by atoms with E-state index in [1.54, 1.807) is 17.0 Å². The second-order valence-corrected chi connectivity index (χ2v) is 10.9. The zero-order chi connectivity index (χ0) is 20.3. The summed E-state index contributed by atoms with van der Waals surface area (Å²) in [7, 11) is -3.12. The average molecular weight is 493 g/mol. The van der Waals surface area contributed by atoms with Crippen molar-refractivity contribution >= 4 is 49.2 Å². The molecule has 2 aliphatic rings. The minimum atomic E-state index is -3.12. The molecular formula is C19H23BrClNO5S. The summed E-state index contributed by atoms with van der Waals surface area (Å²) < 4.78 is 29.8. The van der Waals surface area contributed by atoms with Gasteiger partial charge in [0, 0.05) is 16.6 Å². The lowest BCUT2D eigenvalue weighted by Gasteiger charge is -2.38. The Hall–Kier alpha value is -1.12. The quantitative estimate of drug-likeness (QED) is 0.587. The van der Waals surface area contributed by atoms with Gasteiger partial charge in [0.1, 0.15) is 0 Å². The van der Waals surface area contributed by atoms with E-state index in [1.807, 2.05) is 0 Å². The first-order chi connectivity index (χ1) is 13.3. The summed E-state index contributed by atoms with van der Waals surface area (Å²) in [5, 5.41) is 0.242. The van der Waals surface area contributed by atoms with E-state index >= 15 is 0 Å². The highest BCUT2D eigenvalue weighted by molar-refractivity contribution is 9.10. The molecule has 1 saturated heterocycles. The molecule has 0 N–H and O–H groups in total. The zero-order valence-electron chi connectivity index (χ0n) is 15.4. The van der Waals surface area contributed by atoms with Gasteiger partial charge in [-0.2, -0.15) is 0 Å². The molecule has 1 aromatic rings. The topological polar surface area (TPSA) is 80.8 Å². The maximum absolute atomic E-state index is 12.9. The summed E-state index contributed by atoms with van der Waals surface area (Å²) in [6.07, 6.45) is 5.30. The van der Waals surface area contributed by atoms with Crippen LogP contribution in [0.2, 0.25) is 5.02 Å². The molecule has 1 heterocycles. The third kappa shape index (κ3) is 5.27. The minimum absolute atomic E-state index is 0.00714. The summed E-state index contributed by atoms with van der Waals surface area (Å²) >= 11 is 9.32. The average Bonchev–Trinajstić information content (AvgIpc) is 3.02. The van der Waals surface area contributed by atoms with E-state index in [9.17, 15) is 18.0 Å². The van der Waals surface area contributed by atoms with E-state index in [4.69, 9.17) is 16.3 Å². The van der Waals surface area contributed by atoms with Crippen LogP contribution in [-0.2, 0) is 19.4 Å². The first-order valence-corrected chi connectivity index (χ1v) is 12.4. The lowest BCUT2D eigenvalue weighted by molar-refractivity contribution is -0.140. The fourth-order valence-electron chi connectivity index (χ4n) is 3.99. The Labute approximate surface area is 178 Å². The molecule has 1 saturated carbocycles. The van der Waals surface area contributed by atoms with Gasteiger partial charge in [-0.3, -0.25) is 4.79 Å². The number of nitrogens with zero attached hydrogens (tertiary/aromatic N) is 1. The molecule has 1 unspecified atom stereocenters. The fraction of sp³-hybridized carbons (Fsp3) is 0.579. The SMILES string of the molecule is O=C(OCC(=O)N(C1CCCCC1)C1CCS(=O)(=O)C1)c1cc(Br)ccc1Cl. The Morgan fingerprint density at radius 3 is 2.50 bits per heavy atom. The number of carbonyl (C=O) groups excluding carboxylic acids is 2. The van der Waals surface area contributed by atoms with Crippen LogP contribution in [0.1, 0.15) is 48.9 Å². The minimum Gasteiger partial charge on any atom is -0.452 e. The first-order valence-electron chi connectivity index (χ1n) is 9.40. The summed E-state index contributed by atoms with van der Waals surface area (Å²) in [6, 6.07) is 4.48. The molecule has 9 heteroatoms. The Kier molecular flexibility index (Phi) is 7.04. The molecular weight excluding hydrogens is 470 g/mol. The third-order valence-electron chi connectivity index (χ3n) is 5.33. The molecule has 0 spiro atoms. The largest absolute Gasteiger partial charge is 0.452 e. The number of sulfone groups is 1. The maximum Gasteiger partial charge on any atom is 0.340 e. The van der Waals surface area contributed by atoms with Gasteiger partial charge in [0.15, 0.2) is 16.4 Å². The van der Waals surface area contributed by atoms with Crippen molar-refractivity contribution in [3.05, 3.63) is 33.3 Å². The second-order valence-electron chi connectivity index (χ2n) is 7.35. The molecule has 0 bridgehead atoms. The number of ether oxygens (including phenoxy) is 1. The van der Waals surface area contributed by atoms with Gasteiger partial charge in [0.25, 0.3) is 5.91 Å². The van der Waals surface area contributed by atoms with Crippen molar-refractivity contribution in [2.75, 3.05) is 18.1 Å². The highest BCUT2D eigenvalue weighted by atomic mass is 79.9. The van der Waals surface area contributed by atoms with E-state index in [-0.39, 0.29) is 40.1 Å². The van der Waals surface area contributed by atoms with E-state index < -0.39 is 22.4 Å². The number of hydrogen-bond donors (Lipinski definition) is 0. The second kappa shape index (κ2) is 9.13. The lowest BCUT2D eigenvalue weighted by Crippen LogP contribution is -2.50. The van der Waals surface area contributed by atoms with Crippen LogP contribution >= 0.6 is 27.5 Å². The number of halogens is 2. The number of esters is 1. The van der Waals surface area contributed by atoms with Crippen LogP contribution in [0.3, 0.4) is 0 Å². The molecule has 28 heavy (non-hydrogen) atoms. The normalized spacial score (nSPS) is 22.0. The highest BCUT2D eigenvalue weighted by Gasteiger charge is 2.38. The summed E-state index contributed by atoms with van der Waals surface area (Å²) in [5.74, 6) is -0.932. The van der Waals surface area contributed by atoms with E-state index in [1.165, 1.54) is 6.07 Å². The molecule has 1 aromatic carbocycles. The highest BCUT2D eigenvalue weighted by Crippen LogP contribution is 2.29. The van der Waals surface area contributed by atoms with Gasteiger partial charge in [-0.15, -0.1) is 0 Å². The Bertz CT molecular complexity index is 854. The van der Waals surface area contributed by atoms with Gasteiger partial charge < -0.3 is 9.64 Å². The molecule has 1 atom stereocenters. The third-order valence-corrected chi connectivity index (χ3v) is 7.91. The van der Waals surface area contributed by atoms with Gasteiger partial charge in [-0.1, -0.05) is 46.8 Å². The van der Waals surface area contributed by atoms with Crippen molar-refractivity contribution in [1.82, 2.24) is 4.90 Å². The molecule has 0 radical (unpaired) electrons. The molecule has 2 fully saturated rings. The van der Waals surface area contributed by atoms with Gasteiger partial charge in [0.05, 0.1) is 22.1 Å². The Morgan fingerprint density at radius 2 is 1.86 bits per heavy atom. The van der Waals surface area contributed by atoms with Crippen LogP contribution in [0.25, 0.3) is 0 Å². The molecule has 1 aliphatic heterocycles. The fourth-order valence-corrected chi connectivity index (χ4v) is 6.26. The predicted molar refractivity (Wildman–Crippen MR) is 110 cm³/mol. The number of amides is 1. The van der Waals surface area contributed by atoms with Gasteiger partial charge in [0.2, 0.25) is 0 Å². The van der Waals surface area contributed by atoms with Crippen LogP contribution in [-0.4, -0.2) is 55.4 Å². The Morgan fingerprint density at radius 1 is 1.14 bits per heavy atom. The van der Waals surface area contributed by atoms with E-state index in [0.717, 1.165) is 32.1 Å².